The average Bonchev–Trinajstić information content (AvgIpc) is 2.92. The highest BCUT2D eigenvalue weighted by molar-refractivity contribution is 7.98. The van der Waals surface area contributed by atoms with Crippen molar-refractivity contribution >= 4 is 17.7 Å². The first-order valence-corrected chi connectivity index (χ1v) is 8.80. The first-order chi connectivity index (χ1) is 11.5. The molecule has 1 aromatic heterocycles. The van der Waals surface area contributed by atoms with E-state index in [0.717, 1.165) is 28.8 Å². The summed E-state index contributed by atoms with van der Waals surface area (Å²) in [5.74, 6) is 1.66. The smallest absolute Gasteiger partial charge is 0.217 e. The Bertz CT molecular complexity index is 730. The highest BCUT2D eigenvalue weighted by atomic mass is 32.2. The van der Waals surface area contributed by atoms with Gasteiger partial charge in [-0.05, 0) is 23.6 Å². The minimum atomic E-state index is -0.333. The molecule has 0 spiro atoms. The van der Waals surface area contributed by atoms with Gasteiger partial charge in [-0.15, -0.1) is 10.2 Å². The number of nitrogens with zero attached hydrogens (tertiary/aromatic N) is 4. The largest absolute Gasteiger partial charge is 0.370 e. The number of hydrogen-bond donors (Lipinski definition) is 1. The number of hydrogen-bond acceptors (Lipinski definition) is 5. The fourth-order valence-corrected chi connectivity index (χ4v) is 3.14. The second-order valence-electron chi connectivity index (χ2n) is 5.97. The molecule has 2 rings (SSSR count). The van der Waals surface area contributed by atoms with Crippen molar-refractivity contribution in [2.45, 2.75) is 44.1 Å². The molecule has 0 unspecified atom stereocenters. The molecular weight excluding hydrogens is 322 g/mol. The van der Waals surface area contributed by atoms with Gasteiger partial charge in [-0.3, -0.25) is 4.79 Å². The highest BCUT2D eigenvalue weighted by Gasteiger charge is 2.14. The fraction of sp³-hybridized carbons (Fsp3) is 0.412. The van der Waals surface area contributed by atoms with E-state index >= 15 is 0 Å². The normalized spacial score (nSPS) is 10.8. The molecule has 126 valence electrons. The second kappa shape index (κ2) is 8.50. The first-order valence-electron chi connectivity index (χ1n) is 7.81. The summed E-state index contributed by atoms with van der Waals surface area (Å²) >= 11 is 1.60. The van der Waals surface area contributed by atoms with Gasteiger partial charge in [0.1, 0.15) is 5.82 Å². The Morgan fingerprint density at radius 1 is 1.33 bits per heavy atom. The third-order valence-electron chi connectivity index (χ3n) is 3.39. The third kappa shape index (κ3) is 5.10. The highest BCUT2D eigenvalue weighted by Crippen LogP contribution is 2.23. The maximum Gasteiger partial charge on any atom is 0.217 e. The van der Waals surface area contributed by atoms with Crippen molar-refractivity contribution in [2.24, 2.45) is 11.7 Å². The van der Waals surface area contributed by atoms with E-state index in [1.165, 1.54) is 0 Å². The van der Waals surface area contributed by atoms with Crippen LogP contribution in [0.15, 0.2) is 29.4 Å². The van der Waals surface area contributed by atoms with Crippen molar-refractivity contribution < 1.29 is 4.79 Å². The van der Waals surface area contributed by atoms with Gasteiger partial charge in [0.25, 0.3) is 0 Å². The number of primary amides is 1. The zero-order valence-corrected chi connectivity index (χ0v) is 14.7. The molecular formula is C17H21N5OS. The van der Waals surface area contributed by atoms with Crippen molar-refractivity contribution in [3.63, 3.8) is 0 Å². The number of amides is 1. The Labute approximate surface area is 146 Å². The van der Waals surface area contributed by atoms with E-state index in [2.05, 4.69) is 34.7 Å². The Morgan fingerprint density at radius 2 is 2.04 bits per heavy atom. The summed E-state index contributed by atoms with van der Waals surface area (Å²) in [6, 6.07) is 9.63. The van der Waals surface area contributed by atoms with Gasteiger partial charge in [-0.1, -0.05) is 37.7 Å². The number of aryl methyl sites for hydroxylation is 1. The third-order valence-corrected chi connectivity index (χ3v) is 4.43. The summed E-state index contributed by atoms with van der Waals surface area (Å²) in [5.41, 5.74) is 7.01. The van der Waals surface area contributed by atoms with Crippen LogP contribution in [0.5, 0.6) is 0 Å². The molecule has 0 aliphatic rings. The molecule has 0 aliphatic heterocycles. The lowest BCUT2D eigenvalue weighted by atomic mass is 10.2. The van der Waals surface area contributed by atoms with Gasteiger partial charge in [0.05, 0.1) is 11.6 Å². The lowest BCUT2D eigenvalue weighted by Crippen LogP contribution is -2.15. The summed E-state index contributed by atoms with van der Waals surface area (Å²) < 4.78 is 2.07. The molecule has 0 saturated carbocycles. The van der Waals surface area contributed by atoms with Crippen molar-refractivity contribution in [3.05, 3.63) is 41.2 Å². The van der Waals surface area contributed by atoms with Crippen LogP contribution in [-0.4, -0.2) is 20.7 Å². The van der Waals surface area contributed by atoms with Crippen molar-refractivity contribution in [3.8, 4) is 6.07 Å². The molecule has 1 heterocycles. The van der Waals surface area contributed by atoms with Gasteiger partial charge < -0.3 is 10.3 Å². The van der Waals surface area contributed by atoms with Crippen LogP contribution in [0.25, 0.3) is 0 Å². The Balaban J connectivity index is 2.10. The number of nitrogens with two attached hydrogens (primary N) is 1. The van der Waals surface area contributed by atoms with E-state index < -0.39 is 0 Å². The fourth-order valence-electron chi connectivity index (χ4n) is 2.22. The molecule has 7 heteroatoms. The second-order valence-corrected chi connectivity index (χ2v) is 6.91. The molecule has 0 atom stereocenters. The number of rotatable bonds is 8. The predicted octanol–water partition coefficient (Wildman–Crippen LogP) is 2.52. The molecule has 0 radical (unpaired) electrons. The first kappa shape index (κ1) is 18.0. The lowest BCUT2D eigenvalue weighted by Gasteiger charge is -2.12. The Hall–Kier alpha value is -2.33. The van der Waals surface area contributed by atoms with Gasteiger partial charge in [-0.2, -0.15) is 5.26 Å². The lowest BCUT2D eigenvalue weighted by molar-refractivity contribution is -0.118. The number of nitriles is 1. The summed E-state index contributed by atoms with van der Waals surface area (Å²) in [6.07, 6.45) is 0.781. The number of carbonyl (C=O) groups excluding carboxylic acids is 1. The number of thioether (sulfide) groups is 1. The molecule has 24 heavy (non-hydrogen) atoms. The Morgan fingerprint density at radius 3 is 2.62 bits per heavy atom. The molecule has 0 bridgehead atoms. The zero-order chi connectivity index (χ0) is 17.5. The zero-order valence-electron chi connectivity index (χ0n) is 13.9. The maximum absolute atomic E-state index is 11.0. The molecule has 0 saturated heterocycles. The van der Waals surface area contributed by atoms with Crippen molar-refractivity contribution in [2.75, 3.05) is 0 Å². The van der Waals surface area contributed by atoms with E-state index in [1.54, 1.807) is 11.8 Å². The average molecular weight is 343 g/mol. The molecule has 1 aromatic carbocycles. The van der Waals surface area contributed by atoms with E-state index in [4.69, 9.17) is 11.0 Å². The van der Waals surface area contributed by atoms with Gasteiger partial charge in [0.15, 0.2) is 5.16 Å². The number of carbonyl (C=O) groups is 1. The Kier molecular flexibility index (Phi) is 6.38. The number of aromatic nitrogens is 3. The minimum absolute atomic E-state index is 0.274. The SMILES string of the molecule is CC(C)Cn1c(CCC(N)=O)nnc1SCc1ccc(C#N)cc1. The van der Waals surface area contributed by atoms with E-state index in [-0.39, 0.29) is 12.3 Å². The van der Waals surface area contributed by atoms with E-state index in [9.17, 15) is 4.79 Å². The van der Waals surface area contributed by atoms with Crippen LogP contribution in [0.3, 0.4) is 0 Å². The van der Waals surface area contributed by atoms with Gasteiger partial charge in [-0.25, -0.2) is 0 Å². The molecule has 2 N–H and O–H groups in total. The van der Waals surface area contributed by atoms with Crippen molar-refractivity contribution in [1.29, 1.82) is 5.26 Å². The predicted molar refractivity (Wildman–Crippen MR) is 93.1 cm³/mol. The van der Waals surface area contributed by atoms with Crippen LogP contribution >= 0.6 is 11.8 Å². The van der Waals surface area contributed by atoms with Crippen LogP contribution in [0.4, 0.5) is 0 Å². The maximum atomic E-state index is 11.0. The van der Waals surface area contributed by atoms with Crippen LogP contribution in [0.2, 0.25) is 0 Å². The summed E-state index contributed by atoms with van der Waals surface area (Å²) in [6.45, 7) is 5.07. The number of benzene rings is 1. The topological polar surface area (TPSA) is 97.6 Å². The molecule has 1 amide bonds. The molecule has 0 aliphatic carbocycles. The standard InChI is InChI=1S/C17H21N5OS/c1-12(2)10-22-16(8-7-15(19)23)20-21-17(22)24-11-14-5-3-13(9-18)4-6-14/h3-6,12H,7-8,10-11H2,1-2H3,(H2,19,23). The van der Waals surface area contributed by atoms with Crippen LogP contribution in [0, 0.1) is 17.2 Å². The molecule has 6 nitrogen and oxygen atoms in total. The quantitative estimate of drug-likeness (QED) is 0.743. The van der Waals surface area contributed by atoms with Crippen LogP contribution < -0.4 is 5.73 Å². The summed E-state index contributed by atoms with van der Waals surface area (Å²) in [5, 5.41) is 18.2. The minimum Gasteiger partial charge on any atom is -0.370 e. The summed E-state index contributed by atoms with van der Waals surface area (Å²) in [4.78, 5) is 11.0. The van der Waals surface area contributed by atoms with Crippen molar-refractivity contribution in [1.82, 2.24) is 14.8 Å². The van der Waals surface area contributed by atoms with E-state index in [0.29, 0.717) is 17.9 Å². The van der Waals surface area contributed by atoms with Gasteiger partial charge >= 0.3 is 0 Å². The van der Waals surface area contributed by atoms with Gasteiger partial charge in [0, 0.05) is 25.1 Å². The van der Waals surface area contributed by atoms with Crippen LogP contribution in [-0.2, 0) is 23.5 Å². The molecule has 2 aromatic rings. The van der Waals surface area contributed by atoms with E-state index in [1.807, 2.05) is 24.3 Å². The summed E-state index contributed by atoms with van der Waals surface area (Å²) in [7, 11) is 0. The monoisotopic (exact) mass is 343 g/mol. The molecule has 0 fully saturated rings. The van der Waals surface area contributed by atoms with Crippen LogP contribution in [0.1, 0.15) is 37.2 Å². The van der Waals surface area contributed by atoms with Gasteiger partial charge in [0.2, 0.25) is 5.91 Å².